The lowest BCUT2D eigenvalue weighted by Gasteiger charge is -2.32. The van der Waals surface area contributed by atoms with Gasteiger partial charge in [0.25, 0.3) is 0 Å². The fourth-order valence-corrected chi connectivity index (χ4v) is 4.08. The molecule has 0 radical (unpaired) electrons. The minimum absolute atomic E-state index is 0.800. The van der Waals surface area contributed by atoms with Gasteiger partial charge in [0.05, 0.1) is 0 Å². The summed E-state index contributed by atoms with van der Waals surface area (Å²) in [5.74, 6) is 0. The molecule has 0 aromatic carbocycles. The summed E-state index contributed by atoms with van der Waals surface area (Å²) in [5, 5.41) is 0. The molecule has 0 atom stereocenters. The van der Waals surface area contributed by atoms with E-state index in [0.717, 1.165) is 19.1 Å². The number of rotatable bonds is 10. The lowest BCUT2D eigenvalue weighted by Crippen LogP contribution is -2.42. The molecule has 1 fully saturated rings. The highest BCUT2D eigenvalue weighted by molar-refractivity contribution is 4.72. The molecule has 4 nitrogen and oxygen atoms in total. The van der Waals surface area contributed by atoms with Crippen molar-refractivity contribution in [1.82, 2.24) is 19.6 Å². The minimum Gasteiger partial charge on any atom is -0.308 e. The van der Waals surface area contributed by atoms with Gasteiger partial charge in [-0.2, -0.15) is 0 Å². The Morgan fingerprint density at radius 2 is 0.852 bits per heavy atom. The van der Waals surface area contributed by atoms with E-state index in [4.69, 9.17) is 0 Å². The summed E-state index contributed by atoms with van der Waals surface area (Å²) < 4.78 is 0. The summed E-state index contributed by atoms with van der Waals surface area (Å²) in [4.78, 5) is 9.95. The van der Waals surface area contributed by atoms with Gasteiger partial charge >= 0.3 is 0 Å². The van der Waals surface area contributed by atoms with Crippen LogP contribution in [0.2, 0.25) is 0 Å². The molecule has 0 spiro atoms. The van der Waals surface area contributed by atoms with Gasteiger partial charge < -0.3 is 14.7 Å². The van der Waals surface area contributed by atoms with Crippen LogP contribution in [0.4, 0.5) is 0 Å². The van der Waals surface area contributed by atoms with E-state index < -0.39 is 0 Å². The van der Waals surface area contributed by atoms with Crippen LogP contribution in [0.3, 0.4) is 0 Å². The maximum Gasteiger partial charge on any atom is 0.0110 e. The second-order valence-electron chi connectivity index (χ2n) is 9.34. The van der Waals surface area contributed by atoms with Crippen molar-refractivity contribution in [2.24, 2.45) is 0 Å². The molecule has 162 valence electrons. The maximum atomic E-state index is 2.68. The van der Waals surface area contributed by atoms with Crippen LogP contribution < -0.4 is 0 Å². The summed E-state index contributed by atoms with van der Waals surface area (Å²) in [5.41, 5.74) is 0. The number of hydrogen-bond donors (Lipinski definition) is 0. The van der Waals surface area contributed by atoms with E-state index in [1.54, 1.807) is 0 Å². The zero-order chi connectivity index (χ0) is 19.9. The standard InChI is InChI=1S/C23H50N4/c1-24(2)17-20-27(21-18-25(3)4)22-19-26(5)23-15-13-11-9-7-6-8-10-12-14-16-23/h23H,6-22H2,1-5H3. The molecule has 27 heavy (non-hydrogen) atoms. The Kier molecular flexibility index (Phi) is 14.5. The number of nitrogens with zero attached hydrogens (tertiary/aromatic N) is 4. The van der Waals surface area contributed by atoms with Gasteiger partial charge in [-0.1, -0.05) is 57.8 Å². The normalized spacial score (nSPS) is 19.0. The van der Waals surface area contributed by atoms with Gasteiger partial charge in [0, 0.05) is 45.3 Å². The Labute approximate surface area is 171 Å². The van der Waals surface area contributed by atoms with Gasteiger partial charge in [0.15, 0.2) is 0 Å². The lowest BCUT2D eigenvalue weighted by molar-refractivity contribution is 0.158. The van der Waals surface area contributed by atoms with Crippen LogP contribution >= 0.6 is 0 Å². The average molecular weight is 383 g/mol. The summed E-state index contributed by atoms with van der Waals surface area (Å²) in [6, 6.07) is 0.800. The maximum absolute atomic E-state index is 2.68. The van der Waals surface area contributed by atoms with E-state index in [1.807, 2.05) is 0 Å². The second kappa shape index (κ2) is 15.7. The summed E-state index contributed by atoms with van der Waals surface area (Å²) in [6.45, 7) is 7.08. The SMILES string of the molecule is CN(C)CCN(CCN(C)C)CCN(C)C1CCCCCCCCCCC1. The van der Waals surface area contributed by atoms with Crippen molar-refractivity contribution >= 4 is 0 Å². The lowest BCUT2D eigenvalue weighted by atomic mass is 9.97. The van der Waals surface area contributed by atoms with Crippen molar-refractivity contribution in [2.75, 3.05) is 74.5 Å². The van der Waals surface area contributed by atoms with Gasteiger partial charge in [-0.3, -0.25) is 4.90 Å². The van der Waals surface area contributed by atoms with Gasteiger partial charge in [0.2, 0.25) is 0 Å². The zero-order valence-electron chi connectivity index (χ0n) is 19.4. The van der Waals surface area contributed by atoms with E-state index >= 15 is 0 Å². The van der Waals surface area contributed by atoms with Crippen LogP contribution in [0.1, 0.15) is 70.6 Å². The molecule has 0 saturated heterocycles. The highest BCUT2D eigenvalue weighted by atomic mass is 15.2. The Balaban J connectivity index is 2.44. The first-order valence-electron chi connectivity index (χ1n) is 11.7. The molecule has 0 bridgehead atoms. The van der Waals surface area contributed by atoms with Crippen molar-refractivity contribution in [3.8, 4) is 0 Å². The molecule has 0 amide bonds. The molecule has 0 N–H and O–H groups in total. The molecule has 0 aromatic rings. The minimum atomic E-state index is 0.800. The van der Waals surface area contributed by atoms with E-state index in [1.165, 1.54) is 96.8 Å². The summed E-state index contributed by atoms with van der Waals surface area (Å²) in [6.07, 6.45) is 15.9. The first-order valence-corrected chi connectivity index (χ1v) is 11.7. The molecule has 0 aliphatic heterocycles. The third-order valence-electron chi connectivity index (χ3n) is 6.19. The molecule has 0 aromatic heterocycles. The summed E-state index contributed by atoms with van der Waals surface area (Å²) >= 11 is 0. The third-order valence-corrected chi connectivity index (χ3v) is 6.19. The van der Waals surface area contributed by atoms with Gasteiger partial charge in [-0.15, -0.1) is 0 Å². The first kappa shape index (κ1) is 24.9. The van der Waals surface area contributed by atoms with E-state index in [9.17, 15) is 0 Å². The highest BCUT2D eigenvalue weighted by Crippen LogP contribution is 2.19. The molecular formula is C23H50N4. The molecule has 1 aliphatic carbocycles. The quantitative estimate of drug-likeness (QED) is 0.566. The van der Waals surface area contributed by atoms with E-state index in [0.29, 0.717) is 0 Å². The Bertz CT molecular complexity index is 308. The monoisotopic (exact) mass is 382 g/mol. The number of likely N-dealkylation sites (N-methyl/N-ethyl adjacent to an activating group) is 3. The number of hydrogen-bond acceptors (Lipinski definition) is 4. The van der Waals surface area contributed by atoms with Gasteiger partial charge in [-0.05, 0) is 48.1 Å². The predicted molar refractivity (Wildman–Crippen MR) is 121 cm³/mol. The highest BCUT2D eigenvalue weighted by Gasteiger charge is 2.16. The third kappa shape index (κ3) is 13.6. The van der Waals surface area contributed by atoms with Gasteiger partial charge in [0.1, 0.15) is 0 Å². The molecular weight excluding hydrogens is 332 g/mol. The zero-order valence-corrected chi connectivity index (χ0v) is 19.4. The van der Waals surface area contributed by atoms with Gasteiger partial charge in [-0.25, -0.2) is 0 Å². The molecule has 1 aliphatic rings. The fraction of sp³-hybridized carbons (Fsp3) is 1.00. The van der Waals surface area contributed by atoms with Crippen molar-refractivity contribution in [2.45, 2.75) is 76.7 Å². The van der Waals surface area contributed by atoms with Crippen LogP contribution in [0.25, 0.3) is 0 Å². The Hall–Kier alpha value is -0.160. The Morgan fingerprint density at radius 3 is 1.26 bits per heavy atom. The topological polar surface area (TPSA) is 13.0 Å². The van der Waals surface area contributed by atoms with Crippen molar-refractivity contribution in [3.63, 3.8) is 0 Å². The van der Waals surface area contributed by atoms with Crippen LogP contribution in [-0.2, 0) is 0 Å². The van der Waals surface area contributed by atoms with Crippen LogP contribution in [0.5, 0.6) is 0 Å². The molecule has 4 heteroatoms. The van der Waals surface area contributed by atoms with E-state index in [-0.39, 0.29) is 0 Å². The van der Waals surface area contributed by atoms with Crippen molar-refractivity contribution in [1.29, 1.82) is 0 Å². The smallest absolute Gasteiger partial charge is 0.0110 e. The largest absolute Gasteiger partial charge is 0.308 e. The van der Waals surface area contributed by atoms with Crippen LogP contribution in [-0.4, -0.2) is 100 Å². The summed E-state index contributed by atoms with van der Waals surface area (Å²) in [7, 11) is 11.1. The van der Waals surface area contributed by atoms with Crippen LogP contribution in [0, 0.1) is 0 Å². The Morgan fingerprint density at radius 1 is 0.481 bits per heavy atom. The molecule has 1 rings (SSSR count). The van der Waals surface area contributed by atoms with Crippen LogP contribution in [0.15, 0.2) is 0 Å². The van der Waals surface area contributed by atoms with Crippen molar-refractivity contribution in [3.05, 3.63) is 0 Å². The average Bonchev–Trinajstić information content (AvgIpc) is 2.61. The second-order valence-corrected chi connectivity index (χ2v) is 9.34. The predicted octanol–water partition coefficient (Wildman–Crippen LogP) is 4.02. The van der Waals surface area contributed by atoms with E-state index in [2.05, 4.69) is 54.8 Å². The molecule has 0 unspecified atom stereocenters. The molecule has 1 saturated carbocycles. The molecule has 0 heterocycles. The fourth-order valence-electron chi connectivity index (χ4n) is 4.08. The first-order chi connectivity index (χ1) is 13.0. The van der Waals surface area contributed by atoms with Crippen molar-refractivity contribution < 1.29 is 0 Å².